The van der Waals surface area contributed by atoms with Gasteiger partial charge in [0.2, 0.25) is 0 Å². The van der Waals surface area contributed by atoms with E-state index in [0.29, 0.717) is 10.4 Å². The first-order valence-corrected chi connectivity index (χ1v) is 5.35. The van der Waals surface area contributed by atoms with Gasteiger partial charge in [-0.1, -0.05) is 0 Å². The summed E-state index contributed by atoms with van der Waals surface area (Å²) in [5, 5.41) is 12.8. The zero-order valence-corrected chi connectivity index (χ0v) is 10.3. The van der Waals surface area contributed by atoms with Crippen molar-refractivity contribution in [1.29, 1.82) is 0 Å². The summed E-state index contributed by atoms with van der Waals surface area (Å²) in [5.41, 5.74) is -0.716. The molecule has 7 heteroatoms. The first-order chi connectivity index (χ1) is 7.99. The van der Waals surface area contributed by atoms with E-state index >= 15 is 0 Å². The number of aromatic nitrogens is 2. The normalized spacial score (nSPS) is 10.5. The smallest absolute Gasteiger partial charge is 0.341 e. The maximum atomic E-state index is 11.5. The summed E-state index contributed by atoms with van der Waals surface area (Å²) in [4.78, 5) is 22.4. The minimum Gasteiger partial charge on any atom is -0.477 e. The Bertz CT molecular complexity index is 644. The van der Waals surface area contributed by atoms with Gasteiger partial charge in [0.1, 0.15) is 11.3 Å². The molecule has 17 heavy (non-hydrogen) atoms. The summed E-state index contributed by atoms with van der Waals surface area (Å²) in [6.45, 7) is 0. The molecule has 2 rings (SSSR count). The van der Waals surface area contributed by atoms with Crippen LogP contribution in [0.4, 0.5) is 0 Å². The Morgan fingerprint density at radius 1 is 1.53 bits per heavy atom. The standard InChI is InChI=1S/C10H7BrN2O4/c1-13-9(14)5(10(15)16)4-6(12-13)7-2-3-8(11)17-7/h2-4H,1H3,(H,15,16). The lowest BCUT2D eigenvalue weighted by Crippen LogP contribution is -2.26. The number of nitrogens with zero attached hydrogens (tertiary/aromatic N) is 2. The molecule has 0 fully saturated rings. The molecule has 1 N–H and O–H groups in total. The molecule has 6 nitrogen and oxygen atoms in total. The number of carbonyl (C=O) groups is 1. The SMILES string of the molecule is Cn1nc(-c2ccc(Br)o2)cc(C(=O)O)c1=O. The maximum absolute atomic E-state index is 11.5. The van der Waals surface area contributed by atoms with Gasteiger partial charge in [-0.2, -0.15) is 5.10 Å². The number of aryl methyl sites for hydroxylation is 1. The van der Waals surface area contributed by atoms with Crippen LogP contribution in [-0.2, 0) is 7.05 Å². The van der Waals surface area contributed by atoms with Gasteiger partial charge >= 0.3 is 5.97 Å². The lowest BCUT2D eigenvalue weighted by Gasteiger charge is -2.02. The number of hydrogen-bond acceptors (Lipinski definition) is 4. The van der Waals surface area contributed by atoms with Crippen molar-refractivity contribution in [1.82, 2.24) is 9.78 Å². The van der Waals surface area contributed by atoms with Crippen molar-refractivity contribution in [3.05, 3.63) is 38.8 Å². The van der Waals surface area contributed by atoms with E-state index in [0.717, 1.165) is 4.68 Å². The molecule has 2 heterocycles. The van der Waals surface area contributed by atoms with Crippen molar-refractivity contribution in [2.24, 2.45) is 7.05 Å². The highest BCUT2D eigenvalue weighted by molar-refractivity contribution is 9.10. The first-order valence-electron chi connectivity index (χ1n) is 4.56. The van der Waals surface area contributed by atoms with Gasteiger partial charge in [-0.3, -0.25) is 4.79 Å². The van der Waals surface area contributed by atoms with Crippen LogP contribution in [0.2, 0.25) is 0 Å². The number of furan rings is 1. The second-order valence-electron chi connectivity index (χ2n) is 3.28. The summed E-state index contributed by atoms with van der Waals surface area (Å²) < 4.78 is 6.71. The molecule has 0 aromatic carbocycles. The van der Waals surface area contributed by atoms with Crippen molar-refractivity contribution in [2.45, 2.75) is 0 Å². The first kappa shape index (κ1) is 11.6. The largest absolute Gasteiger partial charge is 0.477 e. The summed E-state index contributed by atoms with van der Waals surface area (Å²) in [5.74, 6) is -0.908. The van der Waals surface area contributed by atoms with Crippen LogP contribution in [-0.4, -0.2) is 20.9 Å². The lowest BCUT2D eigenvalue weighted by molar-refractivity contribution is 0.0694. The quantitative estimate of drug-likeness (QED) is 0.908. The monoisotopic (exact) mass is 298 g/mol. The maximum Gasteiger partial charge on any atom is 0.341 e. The van der Waals surface area contributed by atoms with E-state index in [-0.39, 0.29) is 11.3 Å². The highest BCUT2D eigenvalue weighted by Crippen LogP contribution is 2.22. The molecule has 0 aliphatic carbocycles. The number of carboxylic acids is 1. The molecule has 88 valence electrons. The third kappa shape index (κ3) is 2.14. The Hall–Kier alpha value is -1.89. The van der Waals surface area contributed by atoms with Crippen LogP contribution < -0.4 is 5.56 Å². The highest BCUT2D eigenvalue weighted by atomic mass is 79.9. The average Bonchev–Trinajstić information content (AvgIpc) is 2.68. The van der Waals surface area contributed by atoms with E-state index in [2.05, 4.69) is 21.0 Å². The lowest BCUT2D eigenvalue weighted by atomic mass is 10.2. The second-order valence-corrected chi connectivity index (χ2v) is 4.06. The highest BCUT2D eigenvalue weighted by Gasteiger charge is 2.15. The Morgan fingerprint density at radius 2 is 2.24 bits per heavy atom. The van der Waals surface area contributed by atoms with E-state index in [1.54, 1.807) is 12.1 Å². The zero-order valence-electron chi connectivity index (χ0n) is 8.68. The van der Waals surface area contributed by atoms with E-state index in [1.807, 2.05) is 0 Å². The third-order valence-corrected chi connectivity index (χ3v) is 2.55. The number of carboxylic acid groups (broad SMARTS) is 1. The summed E-state index contributed by atoms with van der Waals surface area (Å²) in [6, 6.07) is 4.47. The van der Waals surface area contributed by atoms with Crippen LogP contribution in [0.15, 0.2) is 32.1 Å². The van der Waals surface area contributed by atoms with Crippen LogP contribution >= 0.6 is 15.9 Å². The molecule has 0 unspecified atom stereocenters. The Balaban J connectivity index is 2.65. The molecule has 0 atom stereocenters. The van der Waals surface area contributed by atoms with Crippen molar-refractivity contribution in [3.63, 3.8) is 0 Å². The molecule has 0 aliphatic rings. The molecular weight excluding hydrogens is 292 g/mol. The predicted molar refractivity (Wildman–Crippen MR) is 61.8 cm³/mol. The number of hydrogen-bond donors (Lipinski definition) is 1. The van der Waals surface area contributed by atoms with E-state index in [1.165, 1.54) is 13.1 Å². The molecule has 0 saturated heterocycles. The van der Waals surface area contributed by atoms with Crippen molar-refractivity contribution < 1.29 is 14.3 Å². The fraction of sp³-hybridized carbons (Fsp3) is 0.100. The fourth-order valence-electron chi connectivity index (χ4n) is 1.33. The van der Waals surface area contributed by atoms with Gasteiger partial charge in [0.25, 0.3) is 5.56 Å². The second kappa shape index (κ2) is 4.17. The molecule has 0 radical (unpaired) electrons. The topological polar surface area (TPSA) is 85.3 Å². The molecule has 0 saturated carbocycles. The van der Waals surface area contributed by atoms with Crippen LogP contribution in [0.3, 0.4) is 0 Å². The Kier molecular flexibility index (Phi) is 2.84. The van der Waals surface area contributed by atoms with Crippen molar-refractivity contribution in [3.8, 4) is 11.5 Å². The van der Waals surface area contributed by atoms with Crippen LogP contribution in [0, 0.1) is 0 Å². The van der Waals surface area contributed by atoms with E-state index < -0.39 is 11.5 Å². The molecule has 0 aliphatic heterocycles. The van der Waals surface area contributed by atoms with Gasteiger partial charge in [-0.05, 0) is 34.1 Å². The third-order valence-electron chi connectivity index (χ3n) is 2.12. The zero-order chi connectivity index (χ0) is 12.6. The van der Waals surface area contributed by atoms with Crippen molar-refractivity contribution in [2.75, 3.05) is 0 Å². The minimum absolute atomic E-state index is 0.287. The predicted octanol–water partition coefficient (Wildman–Crippen LogP) is 1.50. The van der Waals surface area contributed by atoms with Crippen molar-refractivity contribution >= 4 is 21.9 Å². The molecule has 2 aromatic heterocycles. The van der Waals surface area contributed by atoms with Gasteiger partial charge in [-0.15, -0.1) is 0 Å². The average molecular weight is 299 g/mol. The van der Waals surface area contributed by atoms with Gasteiger partial charge in [0.15, 0.2) is 10.4 Å². The van der Waals surface area contributed by atoms with E-state index in [4.69, 9.17) is 9.52 Å². The molecule has 2 aromatic rings. The van der Waals surface area contributed by atoms with Crippen LogP contribution in [0.25, 0.3) is 11.5 Å². The van der Waals surface area contributed by atoms with Gasteiger partial charge < -0.3 is 9.52 Å². The van der Waals surface area contributed by atoms with Crippen LogP contribution in [0.1, 0.15) is 10.4 Å². The molecule has 0 bridgehead atoms. The number of halogens is 1. The summed E-state index contributed by atoms with van der Waals surface area (Å²) in [7, 11) is 1.39. The van der Waals surface area contributed by atoms with Gasteiger partial charge in [-0.25, -0.2) is 9.48 Å². The minimum atomic E-state index is -1.29. The van der Waals surface area contributed by atoms with Gasteiger partial charge in [0, 0.05) is 7.05 Å². The molecular formula is C10H7BrN2O4. The Labute approximate surface area is 104 Å². The summed E-state index contributed by atoms with van der Waals surface area (Å²) >= 11 is 3.13. The van der Waals surface area contributed by atoms with Gasteiger partial charge in [0.05, 0.1) is 0 Å². The number of aromatic carboxylic acids is 1. The molecule has 0 amide bonds. The molecule has 0 spiro atoms. The number of rotatable bonds is 2. The van der Waals surface area contributed by atoms with Crippen LogP contribution in [0.5, 0.6) is 0 Å². The Morgan fingerprint density at radius 3 is 2.76 bits per heavy atom. The van der Waals surface area contributed by atoms with E-state index in [9.17, 15) is 9.59 Å². The fourth-order valence-corrected chi connectivity index (χ4v) is 1.64. The summed E-state index contributed by atoms with van der Waals surface area (Å²) in [6.07, 6.45) is 0.